The van der Waals surface area contributed by atoms with Gasteiger partial charge in [0.05, 0.1) is 6.61 Å². The number of ketones is 1. The van der Waals surface area contributed by atoms with Gasteiger partial charge >= 0.3 is 0 Å². The molecule has 0 saturated carbocycles. The summed E-state index contributed by atoms with van der Waals surface area (Å²) in [5.74, 6) is 1.37. The summed E-state index contributed by atoms with van der Waals surface area (Å²) in [6.45, 7) is 10.8. The maximum absolute atomic E-state index is 12.2. The molecule has 0 saturated heterocycles. The SMILES string of the molecule is CCOc1ccc(C)cc1C(C(=O)CC)C(C)C. The molecule has 0 amide bonds. The van der Waals surface area contributed by atoms with Crippen molar-refractivity contribution in [3.05, 3.63) is 29.3 Å². The number of carbonyl (C=O) groups excluding carboxylic acids is 1. The molecule has 0 fully saturated rings. The van der Waals surface area contributed by atoms with E-state index in [9.17, 15) is 4.79 Å². The van der Waals surface area contributed by atoms with Crippen LogP contribution in [-0.4, -0.2) is 12.4 Å². The third kappa shape index (κ3) is 3.34. The molecule has 1 rings (SSSR count). The van der Waals surface area contributed by atoms with Crippen LogP contribution in [0, 0.1) is 12.8 Å². The molecule has 0 bridgehead atoms. The van der Waals surface area contributed by atoms with Crippen molar-refractivity contribution in [1.29, 1.82) is 0 Å². The minimum Gasteiger partial charge on any atom is -0.494 e. The summed E-state index contributed by atoms with van der Waals surface area (Å²) in [6, 6.07) is 6.10. The first-order chi connectivity index (χ1) is 8.51. The van der Waals surface area contributed by atoms with Gasteiger partial charge in [-0.05, 0) is 25.8 Å². The van der Waals surface area contributed by atoms with Crippen LogP contribution in [0.1, 0.15) is 51.2 Å². The molecule has 0 aliphatic carbocycles. The molecule has 1 atom stereocenters. The van der Waals surface area contributed by atoms with Gasteiger partial charge < -0.3 is 4.74 Å². The van der Waals surface area contributed by atoms with Crippen LogP contribution in [0.4, 0.5) is 0 Å². The lowest BCUT2D eigenvalue weighted by molar-refractivity contribution is -0.121. The van der Waals surface area contributed by atoms with Gasteiger partial charge in [0, 0.05) is 17.9 Å². The van der Waals surface area contributed by atoms with Gasteiger partial charge in [-0.25, -0.2) is 0 Å². The van der Waals surface area contributed by atoms with Crippen LogP contribution >= 0.6 is 0 Å². The Morgan fingerprint density at radius 3 is 2.44 bits per heavy atom. The molecule has 0 N–H and O–H groups in total. The number of hydrogen-bond donors (Lipinski definition) is 0. The molecule has 1 unspecified atom stereocenters. The highest BCUT2D eigenvalue weighted by Gasteiger charge is 2.25. The van der Waals surface area contributed by atoms with E-state index in [2.05, 4.69) is 19.9 Å². The molecule has 0 aliphatic heterocycles. The van der Waals surface area contributed by atoms with Gasteiger partial charge in [0.2, 0.25) is 0 Å². The van der Waals surface area contributed by atoms with Gasteiger partial charge in [-0.2, -0.15) is 0 Å². The Labute approximate surface area is 110 Å². The molecule has 1 aromatic carbocycles. The topological polar surface area (TPSA) is 26.3 Å². The lowest BCUT2D eigenvalue weighted by Gasteiger charge is -2.22. The number of rotatable bonds is 6. The number of hydrogen-bond acceptors (Lipinski definition) is 2. The molecule has 2 nitrogen and oxygen atoms in total. The van der Waals surface area contributed by atoms with E-state index in [1.807, 2.05) is 32.9 Å². The minimum atomic E-state index is -0.0588. The van der Waals surface area contributed by atoms with Gasteiger partial charge in [0.1, 0.15) is 11.5 Å². The summed E-state index contributed by atoms with van der Waals surface area (Å²) in [6.07, 6.45) is 0.572. The van der Waals surface area contributed by atoms with E-state index in [4.69, 9.17) is 4.74 Å². The van der Waals surface area contributed by atoms with Crippen molar-refractivity contribution in [2.45, 2.75) is 47.0 Å². The van der Waals surface area contributed by atoms with Crippen LogP contribution in [0.25, 0.3) is 0 Å². The van der Waals surface area contributed by atoms with Gasteiger partial charge in [-0.15, -0.1) is 0 Å². The van der Waals surface area contributed by atoms with E-state index in [0.29, 0.717) is 18.9 Å². The predicted octanol–water partition coefficient (Wildman–Crippen LogP) is 4.11. The summed E-state index contributed by atoms with van der Waals surface area (Å²) in [7, 11) is 0. The minimum absolute atomic E-state index is 0.0588. The second-order valence-electron chi connectivity index (χ2n) is 5.02. The highest BCUT2D eigenvalue weighted by molar-refractivity contribution is 5.86. The zero-order chi connectivity index (χ0) is 13.7. The van der Waals surface area contributed by atoms with Crippen molar-refractivity contribution in [1.82, 2.24) is 0 Å². The maximum Gasteiger partial charge on any atom is 0.140 e. The van der Waals surface area contributed by atoms with Crippen molar-refractivity contribution in [2.75, 3.05) is 6.61 Å². The Kier molecular flexibility index (Phi) is 5.39. The van der Waals surface area contributed by atoms with Crippen LogP contribution < -0.4 is 4.74 Å². The lowest BCUT2D eigenvalue weighted by Crippen LogP contribution is -2.18. The molecule has 0 heterocycles. The van der Waals surface area contributed by atoms with Gasteiger partial charge in [0.25, 0.3) is 0 Å². The molecule has 100 valence electrons. The first-order valence-corrected chi connectivity index (χ1v) is 6.77. The smallest absolute Gasteiger partial charge is 0.140 e. The van der Waals surface area contributed by atoms with Gasteiger partial charge in [0.15, 0.2) is 0 Å². The fourth-order valence-electron chi connectivity index (χ4n) is 2.32. The average Bonchev–Trinajstić information content (AvgIpc) is 2.32. The van der Waals surface area contributed by atoms with E-state index < -0.39 is 0 Å². The van der Waals surface area contributed by atoms with Crippen molar-refractivity contribution >= 4 is 5.78 Å². The van der Waals surface area contributed by atoms with E-state index in [1.54, 1.807) is 0 Å². The quantitative estimate of drug-likeness (QED) is 0.757. The van der Waals surface area contributed by atoms with Gasteiger partial charge in [-0.3, -0.25) is 4.79 Å². The first-order valence-electron chi connectivity index (χ1n) is 6.77. The molecule has 0 spiro atoms. The highest BCUT2D eigenvalue weighted by atomic mass is 16.5. The second-order valence-corrected chi connectivity index (χ2v) is 5.02. The molecule has 0 aliphatic rings. The number of aryl methyl sites for hydroxylation is 1. The van der Waals surface area contributed by atoms with Crippen LogP contribution in [0.5, 0.6) is 5.75 Å². The summed E-state index contributed by atoms with van der Waals surface area (Å²) in [5, 5.41) is 0. The van der Waals surface area contributed by atoms with Crippen molar-refractivity contribution < 1.29 is 9.53 Å². The summed E-state index contributed by atoms with van der Waals surface area (Å²) >= 11 is 0. The van der Waals surface area contributed by atoms with Gasteiger partial charge in [-0.1, -0.05) is 38.5 Å². The summed E-state index contributed by atoms with van der Waals surface area (Å²) in [4.78, 5) is 12.2. The highest BCUT2D eigenvalue weighted by Crippen LogP contribution is 2.34. The predicted molar refractivity (Wildman–Crippen MR) is 75.2 cm³/mol. The first kappa shape index (κ1) is 14.7. The number of ether oxygens (including phenoxy) is 1. The molecule has 1 aromatic rings. The zero-order valence-corrected chi connectivity index (χ0v) is 12.1. The third-order valence-corrected chi connectivity index (χ3v) is 3.16. The third-order valence-electron chi connectivity index (χ3n) is 3.16. The van der Waals surface area contributed by atoms with Crippen molar-refractivity contribution in [3.8, 4) is 5.75 Å². The Morgan fingerprint density at radius 2 is 1.94 bits per heavy atom. The summed E-state index contributed by atoms with van der Waals surface area (Å²) in [5.41, 5.74) is 2.21. The number of carbonyl (C=O) groups is 1. The Morgan fingerprint density at radius 1 is 1.28 bits per heavy atom. The molecule has 0 radical (unpaired) electrons. The van der Waals surface area contributed by atoms with E-state index in [1.165, 1.54) is 5.56 Å². The Hall–Kier alpha value is -1.31. The maximum atomic E-state index is 12.2. The fraction of sp³-hybridized carbons (Fsp3) is 0.562. The fourth-order valence-corrected chi connectivity index (χ4v) is 2.32. The molecule has 18 heavy (non-hydrogen) atoms. The Balaban J connectivity index is 3.24. The van der Waals surface area contributed by atoms with E-state index >= 15 is 0 Å². The molecule has 2 heteroatoms. The largest absolute Gasteiger partial charge is 0.494 e. The van der Waals surface area contributed by atoms with Crippen molar-refractivity contribution in [3.63, 3.8) is 0 Å². The van der Waals surface area contributed by atoms with Crippen LogP contribution in [0.3, 0.4) is 0 Å². The molecule has 0 aromatic heterocycles. The van der Waals surface area contributed by atoms with E-state index in [0.717, 1.165) is 11.3 Å². The Bertz CT molecular complexity index is 408. The van der Waals surface area contributed by atoms with Crippen LogP contribution in [0.15, 0.2) is 18.2 Å². The van der Waals surface area contributed by atoms with Crippen LogP contribution in [0.2, 0.25) is 0 Å². The summed E-state index contributed by atoms with van der Waals surface area (Å²) < 4.78 is 5.67. The van der Waals surface area contributed by atoms with E-state index in [-0.39, 0.29) is 11.7 Å². The van der Waals surface area contributed by atoms with Crippen molar-refractivity contribution in [2.24, 2.45) is 5.92 Å². The molecular formula is C16H24O2. The lowest BCUT2D eigenvalue weighted by atomic mass is 9.83. The normalized spacial score (nSPS) is 12.6. The second kappa shape index (κ2) is 6.58. The molecular weight excluding hydrogens is 224 g/mol. The standard InChI is InChI=1S/C16H24O2/c1-6-14(17)16(11(3)4)13-10-12(5)8-9-15(13)18-7-2/h8-11,16H,6-7H2,1-5H3. The number of benzene rings is 1. The number of Topliss-reactive ketones (excluding diaryl/α,β-unsaturated/α-hetero) is 1. The average molecular weight is 248 g/mol. The van der Waals surface area contributed by atoms with Crippen LogP contribution in [-0.2, 0) is 4.79 Å². The monoisotopic (exact) mass is 248 g/mol. The zero-order valence-electron chi connectivity index (χ0n) is 12.1.